The number of nitrogens with zero attached hydrogens (tertiary/aromatic N) is 3. The maximum absolute atomic E-state index is 4.52. The van der Waals surface area contributed by atoms with Crippen molar-refractivity contribution in [2.45, 2.75) is 32.7 Å². The first-order valence-electron chi connectivity index (χ1n) is 9.30. The fraction of sp³-hybridized carbons (Fsp3) is 0.217. The Labute approximate surface area is 154 Å². The molecule has 0 aliphatic carbocycles. The fourth-order valence-corrected chi connectivity index (χ4v) is 3.38. The number of fused-ring (bicyclic) bond motifs is 1. The minimum atomic E-state index is 0.738. The molecule has 3 nitrogen and oxygen atoms in total. The summed E-state index contributed by atoms with van der Waals surface area (Å²) in [6.07, 6.45) is 3.25. The van der Waals surface area contributed by atoms with Crippen LogP contribution in [-0.2, 0) is 13.0 Å². The third kappa shape index (κ3) is 3.38. The maximum Gasteiger partial charge on any atom is 0.0921 e. The van der Waals surface area contributed by atoms with E-state index in [1.165, 1.54) is 21.9 Å². The molecule has 3 aromatic carbocycles. The summed E-state index contributed by atoms with van der Waals surface area (Å²) >= 11 is 0. The van der Waals surface area contributed by atoms with E-state index < -0.39 is 0 Å². The van der Waals surface area contributed by atoms with Gasteiger partial charge in [0.1, 0.15) is 0 Å². The number of hydrogen-bond donors (Lipinski definition) is 0. The Hall–Kier alpha value is -2.94. The maximum atomic E-state index is 4.52. The summed E-state index contributed by atoms with van der Waals surface area (Å²) in [6.45, 7) is 2.95. The van der Waals surface area contributed by atoms with Crippen LogP contribution in [0.25, 0.3) is 22.0 Å². The molecule has 0 aliphatic heterocycles. The van der Waals surface area contributed by atoms with Gasteiger partial charge in [-0.2, -0.15) is 0 Å². The quantitative estimate of drug-likeness (QED) is 0.464. The predicted octanol–water partition coefficient (Wildman–Crippen LogP) is 5.49. The molecule has 26 heavy (non-hydrogen) atoms. The van der Waals surface area contributed by atoms with E-state index in [1.807, 2.05) is 10.7 Å². The van der Waals surface area contributed by atoms with E-state index in [9.17, 15) is 0 Å². The molecule has 130 valence electrons. The van der Waals surface area contributed by atoms with Gasteiger partial charge in [0, 0.05) is 5.56 Å². The highest BCUT2D eigenvalue weighted by molar-refractivity contribution is 5.87. The third-order valence-electron chi connectivity index (χ3n) is 4.77. The highest BCUT2D eigenvalue weighted by Gasteiger charge is 2.15. The summed E-state index contributed by atoms with van der Waals surface area (Å²) in [4.78, 5) is 0. The van der Waals surface area contributed by atoms with E-state index in [1.54, 1.807) is 0 Å². The minimum absolute atomic E-state index is 0.738. The Bertz CT molecular complexity index is 1000. The van der Waals surface area contributed by atoms with Crippen LogP contribution in [0.15, 0.2) is 72.8 Å². The van der Waals surface area contributed by atoms with Crippen LogP contribution < -0.4 is 0 Å². The molecule has 1 aromatic heterocycles. The number of hydrogen-bond acceptors (Lipinski definition) is 2. The molecule has 3 heteroatoms. The smallest absolute Gasteiger partial charge is 0.0921 e. The Morgan fingerprint density at radius 1 is 0.846 bits per heavy atom. The van der Waals surface area contributed by atoms with E-state index in [4.69, 9.17) is 0 Å². The second kappa shape index (κ2) is 7.52. The lowest BCUT2D eigenvalue weighted by Crippen LogP contribution is -2.04. The second-order valence-corrected chi connectivity index (χ2v) is 6.69. The first kappa shape index (κ1) is 16.5. The van der Waals surface area contributed by atoms with Crippen LogP contribution in [0.3, 0.4) is 0 Å². The molecule has 0 N–H and O–H groups in total. The van der Waals surface area contributed by atoms with Gasteiger partial charge in [-0.3, -0.25) is 0 Å². The number of aromatic nitrogens is 3. The van der Waals surface area contributed by atoms with E-state index in [0.29, 0.717) is 0 Å². The topological polar surface area (TPSA) is 30.7 Å². The highest BCUT2D eigenvalue weighted by Crippen LogP contribution is 2.28. The lowest BCUT2D eigenvalue weighted by Gasteiger charge is -2.10. The molecule has 0 bridgehead atoms. The van der Waals surface area contributed by atoms with Crippen molar-refractivity contribution >= 4 is 10.8 Å². The first-order chi connectivity index (χ1) is 12.8. The Balaban J connectivity index is 1.79. The van der Waals surface area contributed by atoms with E-state index in [0.717, 1.165) is 37.2 Å². The van der Waals surface area contributed by atoms with Gasteiger partial charge in [0.15, 0.2) is 0 Å². The van der Waals surface area contributed by atoms with E-state index in [-0.39, 0.29) is 0 Å². The van der Waals surface area contributed by atoms with Crippen LogP contribution in [-0.4, -0.2) is 15.0 Å². The van der Waals surface area contributed by atoms with E-state index >= 15 is 0 Å². The molecule has 4 aromatic rings. The van der Waals surface area contributed by atoms with Crippen molar-refractivity contribution in [1.82, 2.24) is 15.0 Å². The molecule has 0 atom stereocenters. The van der Waals surface area contributed by atoms with Gasteiger partial charge in [-0.15, -0.1) is 5.10 Å². The van der Waals surface area contributed by atoms with Crippen molar-refractivity contribution in [3.63, 3.8) is 0 Å². The first-order valence-corrected chi connectivity index (χ1v) is 9.30. The van der Waals surface area contributed by atoms with Gasteiger partial charge in [-0.1, -0.05) is 85.3 Å². The molecule has 0 aliphatic rings. The van der Waals surface area contributed by atoms with Gasteiger partial charge in [-0.05, 0) is 35.2 Å². The Kier molecular flexibility index (Phi) is 4.78. The Morgan fingerprint density at radius 2 is 1.62 bits per heavy atom. The van der Waals surface area contributed by atoms with Crippen LogP contribution in [0.1, 0.15) is 31.0 Å². The van der Waals surface area contributed by atoms with Gasteiger partial charge in [0.25, 0.3) is 0 Å². The minimum Gasteiger partial charge on any atom is -0.240 e. The summed E-state index contributed by atoms with van der Waals surface area (Å²) in [5.74, 6) is 0. The van der Waals surface area contributed by atoms with Crippen LogP contribution in [0.2, 0.25) is 0 Å². The van der Waals surface area contributed by atoms with Gasteiger partial charge in [-0.25, -0.2) is 4.68 Å². The van der Waals surface area contributed by atoms with Gasteiger partial charge in [0.2, 0.25) is 0 Å². The molecule has 0 amide bonds. The molecule has 0 fully saturated rings. The summed E-state index contributed by atoms with van der Waals surface area (Å²) in [7, 11) is 0. The van der Waals surface area contributed by atoms with Gasteiger partial charge in [0.05, 0.1) is 17.9 Å². The largest absolute Gasteiger partial charge is 0.240 e. The zero-order chi connectivity index (χ0) is 17.8. The monoisotopic (exact) mass is 341 g/mol. The molecule has 0 spiro atoms. The van der Waals surface area contributed by atoms with Crippen molar-refractivity contribution in [3.8, 4) is 11.3 Å². The summed E-state index contributed by atoms with van der Waals surface area (Å²) < 4.78 is 2.05. The molecular weight excluding hydrogens is 318 g/mol. The molecular formula is C23H23N3. The normalized spacial score (nSPS) is 11.1. The van der Waals surface area contributed by atoms with Crippen LogP contribution in [0.4, 0.5) is 0 Å². The average Bonchev–Trinajstić information content (AvgIpc) is 3.09. The molecule has 0 unspecified atom stereocenters. The third-order valence-corrected chi connectivity index (χ3v) is 4.77. The summed E-state index contributed by atoms with van der Waals surface area (Å²) in [5.41, 5.74) is 4.67. The molecule has 0 saturated carbocycles. The van der Waals surface area contributed by atoms with Crippen molar-refractivity contribution in [1.29, 1.82) is 0 Å². The lowest BCUT2D eigenvalue weighted by atomic mass is 10.0. The zero-order valence-corrected chi connectivity index (χ0v) is 15.1. The van der Waals surface area contributed by atoms with Crippen LogP contribution >= 0.6 is 0 Å². The molecule has 1 heterocycles. The number of aryl methyl sites for hydroxylation is 1. The molecule has 0 saturated heterocycles. The average molecular weight is 341 g/mol. The fourth-order valence-electron chi connectivity index (χ4n) is 3.38. The second-order valence-electron chi connectivity index (χ2n) is 6.69. The SMILES string of the molecule is CCCCc1nnn(Cc2ccccc2)c1-c1ccc2ccccc2c1. The van der Waals surface area contributed by atoms with Crippen LogP contribution in [0.5, 0.6) is 0 Å². The predicted molar refractivity (Wildman–Crippen MR) is 107 cm³/mol. The highest BCUT2D eigenvalue weighted by atomic mass is 15.4. The van der Waals surface area contributed by atoms with Crippen molar-refractivity contribution in [2.24, 2.45) is 0 Å². The van der Waals surface area contributed by atoms with Crippen molar-refractivity contribution < 1.29 is 0 Å². The number of benzene rings is 3. The zero-order valence-electron chi connectivity index (χ0n) is 15.1. The standard InChI is InChI=1S/C23H23N3/c1-2-3-13-22-23(21-15-14-19-11-7-8-12-20(19)16-21)26(25-24-22)17-18-9-5-4-6-10-18/h4-12,14-16H,2-3,13,17H2,1H3. The van der Waals surface area contributed by atoms with E-state index in [2.05, 4.69) is 84.0 Å². The van der Waals surface area contributed by atoms with Gasteiger partial charge < -0.3 is 0 Å². The number of rotatable bonds is 6. The summed E-state index contributed by atoms with van der Waals surface area (Å²) in [6, 6.07) is 25.6. The summed E-state index contributed by atoms with van der Waals surface area (Å²) in [5, 5.41) is 11.5. The number of unbranched alkanes of at least 4 members (excludes halogenated alkanes) is 1. The molecule has 4 rings (SSSR count). The van der Waals surface area contributed by atoms with Gasteiger partial charge >= 0.3 is 0 Å². The van der Waals surface area contributed by atoms with Crippen molar-refractivity contribution in [2.75, 3.05) is 0 Å². The lowest BCUT2D eigenvalue weighted by molar-refractivity contribution is 0.654. The Morgan fingerprint density at radius 3 is 2.42 bits per heavy atom. The van der Waals surface area contributed by atoms with Crippen molar-refractivity contribution in [3.05, 3.63) is 84.1 Å². The molecule has 0 radical (unpaired) electrons. The van der Waals surface area contributed by atoms with Crippen LogP contribution in [0, 0.1) is 0 Å².